The van der Waals surface area contributed by atoms with Gasteiger partial charge in [-0.3, -0.25) is 9.78 Å². The molecule has 1 fully saturated rings. The van der Waals surface area contributed by atoms with E-state index in [2.05, 4.69) is 44.2 Å². The van der Waals surface area contributed by atoms with Crippen molar-refractivity contribution in [3.8, 4) is 22.4 Å². The highest BCUT2D eigenvalue weighted by atomic mass is 16.5. The van der Waals surface area contributed by atoms with Crippen LogP contribution < -0.4 is 0 Å². The monoisotopic (exact) mass is 413 g/mol. The summed E-state index contributed by atoms with van der Waals surface area (Å²) < 4.78 is 5.41. The van der Waals surface area contributed by atoms with E-state index in [1.54, 1.807) is 0 Å². The molecule has 4 nitrogen and oxygen atoms in total. The Hall–Kier alpha value is -3.24. The number of esters is 1. The molecule has 2 heterocycles. The molecular weight excluding hydrogens is 386 g/mol. The molecule has 1 aliphatic rings. The van der Waals surface area contributed by atoms with Crippen LogP contribution in [0.2, 0.25) is 0 Å². The number of aliphatic hydroxyl groups is 1. The van der Waals surface area contributed by atoms with Crippen LogP contribution in [0.1, 0.15) is 43.9 Å². The number of cyclic esters (lactones) is 1. The number of benzene rings is 2. The van der Waals surface area contributed by atoms with E-state index in [1.165, 1.54) is 0 Å². The molecule has 2 atom stereocenters. The lowest BCUT2D eigenvalue weighted by atomic mass is 9.91. The number of rotatable bonds is 5. The molecule has 4 rings (SSSR count). The van der Waals surface area contributed by atoms with Gasteiger partial charge in [-0.1, -0.05) is 80.6 Å². The van der Waals surface area contributed by atoms with E-state index in [9.17, 15) is 9.90 Å². The lowest BCUT2D eigenvalue weighted by Crippen LogP contribution is -2.31. The number of aromatic nitrogens is 1. The summed E-state index contributed by atoms with van der Waals surface area (Å²) in [6.07, 6.45) is 3.24. The topological polar surface area (TPSA) is 59.4 Å². The molecule has 0 saturated carbocycles. The summed E-state index contributed by atoms with van der Waals surface area (Å²) >= 11 is 0. The van der Waals surface area contributed by atoms with Crippen LogP contribution in [0.25, 0.3) is 28.5 Å². The third-order valence-corrected chi connectivity index (χ3v) is 5.46. The molecule has 0 unspecified atom stereocenters. The first-order valence-electron chi connectivity index (χ1n) is 10.7. The number of aliphatic hydroxyl groups excluding tert-OH is 1. The second-order valence-corrected chi connectivity index (χ2v) is 8.22. The minimum Gasteiger partial charge on any atom is -0.458 e. The smallest absolute Gasteiger partial charge is 0.309 e. The summed E-state index contributed by atoms with van der Waals surface area (Å²) in [5.74, 6) is -0.163. The van der Waals surface area contributed by atoms with Crippen molar-refractivity contribution in [2.24, 2.45) is 0 Å². The van der Waals surface area contributed by atoms with E-state index in [0.717, 1.165) is 33.6 Å². The zero-order valence-corrected chi connectivity index (χ0v) is 17.9. The van der Waals surface area contributed by atoms with Crippen molar-refractivity contribution >= 4 is 12.0 Å². The Morgan fingerprint density at radius 2 is 1.68 bits per heavy atom. The van der Waals surface area contributed by atoms with Crippen molar-refractivity contribution in [2.75, 3.05) is 0 Å². The SMILES string of the molecule is CC(C)c1nc(-c2ccccc2)cc(-c2ccccc2)c1C=C[C@@H]1C[C@@H](O)CC(=O)O1. The molecular formula is C27H27NO3. The van der Waals surface area contributed by atoms with E-state index in [-0.39, 0.29) is 18.3 Å². The highest BCUT2D eigenvalue weighted by Gasteiger charge is 2.25. The molecule has 1 N–H and O–H groups in total. The molecule has 0 spiro atoms. The zero-order valence-electron chi connectivity index (χ0n) is 17.9. The molecule has 158 valence electrons. The Kier molecular flexibility index (Phi) is 6.28. The number of ether oxygens (including phenoxy) is 1. The van der Waals surface area contributed by atoms with Gasteiger partial charge in [-0.25, -0.2) is 0 Å². The van der Waals surface area contributed by atoms with E-state index >= 15 is 0 Å². The van der Waals surface area contributed by atoms with Crippen LogP contribution in [-0.2, 0) is 9.53 Å². The Morgan fingerprint density at radius 1 is 1.03 bits per heavy atom. The first-order chi connectivity index (χ1) is 15.0. The molecule has 1 aromatic heterocycles. The maximum atomic E-state index is 11.7. The molecule has 4 heteroatoms. The molecule has 0 bridgehead atoms. The van der Waals surface area contributed by atoms with Gasteiger partial charge in [0.2, 0.25) is 0 Å². The van der Waals surface area contributed by atoms with E-state index in [0.29, 0.717) is 6.42 Å². The number of hydrogen-bond donors (Lipinski definition) is 1. The molecule has 3 aromatic rings. The fourth-order valence-corrected chi connectivity index (χ4v) is 3.93. The summed E-state index contributed by atoms with van der Waals surface area (Å²) in [6, 6.07) is 22.5. The summed E-state index contributed by atoms with van der Waals surface area (Å²) in [7, 11) is 0. The lowest BCUT2D eigenvalue weighted by molar-refractivity contribution is -0.156. The van der Waals surface area contributed by atoms with Crippen LogP contribution in [0.3, 0.4) is 0 Å². The highest BCUT2D eigenvalue weighted by Crippen LogP contribution is 2.34. The van der Waals surface area contributed by atoms with Gasteiger partial charge in [-0.2, -0.15) is 0 Å². The summed E-state index contributed by atoms with van der Waals surface area (Å²) in [5, 5.41) is 9.94. The van der Waals surface area contributed by atoms with Gasteiger partial charge >= 0.3 is 5.97 Å². The minimum absolute atomic E-state index is 0.0597. The van der Waals surface area contributed by atoms with Crippen LogP contribution in [0, 0.1) is 0 Å². The van der Waals surface area contributed by atoms with Crippen molar-refractivity contribution < 1.29 is 14.6 Å². The van der Waals surface area contributed by atoms with Crippen LogP contribution in [0.5, 0.6) is 0 Å². The average Bonchev–Trinajstić information content (AvgIpc) is 2.77. The highest BCUT2D eigenvalue weighted by molar-refractivity contribution is 5.81. The Morgan fingerprint density at radius 3 is 2.29 bits per heavy atom. The molecule has 1 saturated heterocycles. The van der Waals surface area contributed by atoms with Crippen molar-refractivity contribution in [2.45, 2.75) is 44.8 Å². The average molecular weight is 414 g/mol. The minimum atomic E-state index is -0.660. The number of pyridine rings is 1. The first-order valence-corrected chi connectivity index (χ1v) is 10.7. The van der Waals surface area contributed by atoms with E-state index < -0.39 is 12.2 Å². The Balaban J connectivity index is 1.84. The van der Waals surface area contributed by atoms with E-state index in [1.807, 2.05) is 48.6 Å². The number of hydrogen-bond acceptors (Lipinski definition) is 4. The van der Waals surface area contributed by atoms with Gasteiger partial charge in [0.1, 0.15) is 6.10 Å². The molecule has 31 heavy (non-hydrogen) atoms. The first kappa shape index (κ1) is 21.0. The lowest BCUT2D eigenvalue weighted by Gasteiger charge is -2.24. The third-order valence-electron chi connectivity index (χ3n) is 5.46. The van der Waals surface area contributed by atoms with Crippen molar-refractivity contribution in [3.05, 3.63) is 84.1 Å². The summed E-state index contributed by atoms with van der Waals surface area (Å²) in [5.41, 5.74) is 6.18. The van der Waals surface area contributed by atoms with Crippen LogP contribution in [-0.4, -0.2) is 28.3 Å². The van der Waals surface area contributed by atoms with Gasteiger partial charge in [0.25, 0.3) is 0 Å². The van der Waals surface area contributed by atoms with Gasteiger partial charge < -0.3 is 9.84 Å². The fourth-order valence-electron chi connectivity index (χ4n) is 3.93. The van der Waals surface area contributed by atoms with Gasteiger partial charge in [0, 0.05) is 17.5 Å². The number of nitrogens with zero attached hydrogens (tertiary/aromatic N) is 1. The fraction of sp³-hybridized carbons (Fsp3) is 0.259. The maximum Gasteiger partial charge on any atom is 0.309 e. The van der Waals surface area contributed by atoms with Crippen molar-refractivity contribution in [1.29, 1.82) is 0 Å². The molecule has 0 radical (unpaired) electrons. The predicted molar refractivity (Wildman–Crippen MR) is 123 cm³/mol. The second-order valence-electron chi connectivity index (χ2n) is 8.22. The quantitative estimate of drug-likeness (QED) is 0.552. The molecule has 2 aromatic carbocycles. The third kappa shape index (κ3) is 4.92. The van der Waals surface area contributed by atoms with Gasteiger partial charge in [0.05, 0.1) is 23.9 Å². The summed E-state index contributed by atoms with van der Waals surface area (Å²) in [6.45, 7) is 4.27. The van der Waals surface area contributed by atoms with E-state index in [4.69, 9.17) is 9.72 Å². The second kappa shape index (κ2) is 9.27. The Labute approximate surface area is 183 Å². The number of carbonyl (C=O) groups excluding carboxylic acids is 1. The van der Waals surface area contributed by atoms with Crippen molar-refractivity contribution in [1.82, 2.24) is 4.98 Å². The van der Waals surface area contributed by atoms with Crippen LogP contribution >= 0.6 is 0 Å². The zero-order chi connectivity index (χ0) is 21.8. The molecule has 1 aliphatic heterocycles. The standard InChI is InChI=1S/C27H27NO3/c1-18(2)27-23(14-13-22-15-21(29)16-26(30)31-22)24(19-9-5-3-6-10-19)17-25(28-27)20-11-7-4-8-12-20/h3-14,17-18,21-22,29H,15-16H2,1-2H3/t21-,22-/m1/s1. The van der Waals surface area contributed by atoms with Crippen molar-refractivity contribution in [3.63, 3.8) is 0 Å². The molecule has 0 amide bonds. The summed E-state index contributed by atoms with van der Waals surface area (Å²) in [4.78, 5) is 16.7. The van der Waals surface area contributed by atoms with Crippen LogP contribution in [0.15, 0.2) is 72.8 Å². The molecule has 0 aliphatic carbocycles. The largest absolute Gasteiger partial charge is 0.458 e. The maximum absolute atomic E-state index is 11.7. The Bertz CT molecular complexity index is 1070. The van der Waals surface area contributed by atoms with Crippen LogP contribution in [0.4, 0.5) is 0 Å². The number of carbonyl (C=O) groups is 1. The van der Waals surface area contributed by atoms with Gasteiger partial charge in [-0.05, 0) is 29.2 Å². The van der Waals surface area contributed by atoms with Gasteiger partial charge in [-0.15, -0.1) is 0 Å². The normalized spacial score (nSPS) is 19.0. The predicted octanol–water partition coefficient (Wildman–Crippen LogP) is 5.62. The van der Waals surface area contributed by atoms with Gasteiger partial charge in [0.15, 0.2) is 0 Å².